The van der Waals surface area contributed by atoms with Crippen LogP contribution in [0.2, 0.25) is 0 Å². The molecule has 3 rings (SSSR count). The van der Waals surface area contributed by atoms with Crippen molar-refractivity contribution in [3.63, 3.8) is 0 Å². The maximum atomic E-state index is 13.5. The molecule has 3 heterocycles. The second-order valence-corrected chi connectivity index (χ2v) is 6.91. The number of ether oxygens (including phenoxy) is 1. The molecule has 0 unspecified atom stereocenters. The van der Waals surface area contributed by atoms with Gasteiger partial charge in [0.05, 0.1) is 16.6 Å². The van der Waals surface area contributed by atoms with E-state index in [1.54, 1.807) is 11.8 Å². The van der Waals surface area contributed by atoms with Crippen LogP contribution >= 0.6 is 0 Å². The van der Waals surface area contributed by atoms with Gasteiger partial charge in [-0.3, -0.25) is 9.48 Å². The fraction of sp³-hybridized carbons (Fsp3) is 0.611. The highest BCUT2D eigenvalue weighted by atomic mass is 19.4. The van der Waals surface area contributed by atoms with Crippen molar-refractivity contribution < 1.29 is 22.7 Å². The average molecular weight is 384 g/mol. The van der Waals surface area contributed by atoms with Gasteiger partial charge in [-0.25, -0.2) is 0 Å². The third-order valence-corrected chi connectivity index (χ3v) is 4.81. The summed E-state index contributed by atoms with van der Waals surface area (Å²) >= 11 is 0. The summed E-state index contributed by atoms with van der Waals surface area (Å²) in [4.78, 5) is 18.5. The number of aryl methyl sites for hydroxylation is 2. The molecule has 148 valence electrons. The molecule has 0 spiro atoms. The van der Waals surface area contributed by atoms with E-state index in [0.29, 0.717) is 13.1 Å². The standard InChI is InChI=1S/C18H23F3N4O2/c1-11-15-13(18(19,20)21)10-14(22-16(15)24(3)23-11)27-12(2)17(26)25-8-6-4-5-7-9-25/h10,12H,4-9H2,1-3H3/t12-/m0/s1. The van der Waals surface area contributed by atoms with Gasteiger partial charge in [0.25, 0.3) is 5.91 Å². The van der Waals surface area contributed by atoms with E-state index in [4.69, 9.17) is 4.74 Å². The Morgan fingerprint density at radius 2 is 1.85 bits per heavy atom. The summed E-state index contributed by atoms with van der Waals surface area (Å²) in [7, 11) is 1.53. The van der Waals surface area contributed by atoms with Gasteiger partial charge in [-0.05, 0) is 26.7 Å². The van der Waals surface area contributed by atoms with Gasteiger partial charge in [-0.1, -0.05) is 12.8 Å². The van der Waals surface area contributed by atoms with E-state index in [2.05, 4.69) is 10.1 Å². The molecule has 2 aromatic rings. The van der Waals surface area contributed by atoms with Crippen molar-refractivity contribution in [1.82, 2.24) is 19.7 Å². The van der Waals surface area contributed by atoms with Crippen LogP contribution in [0.1, 0.15) is 43.9 Å². The molecular weight excluding hydrogens is 361 g/mol. The van der Waals surface area contributed by atoms with Crippen LogP contribution in [0.5, 0.6) is 5.88 Å². The summed E-state index contributed by atoms with van der Waals surface area (Å²) in [5.41, 5.74) is -0.540. The molecule has 1 fully saturated rings. The largest absolute Gasteiger partial charge is 0.464 e. The van der Waals surface area contributed by atoms with E-state index < -0.39 is 17.8 Å². The SMILES string of the molecule is Cc1nn(C)c2nc(O[C@@H](C)C(=O)N3CCCCCC3)cc(C(F)(F)F)c12. The van der Waals surface area contributed by atoms with Gasteiger partial charge in [0, 0.05) is 26.2 Å². The summed E-state index contributed by atoms with van der Waals surface area (Å²) in [6.45, 7) is 4.34. The predicted octanol–water partition coefficient (Wildman–Crippen LogP) is 3.47. The minimum Gasteiger partial charge on any atom is -0.464 e. The summed E-state index contributed by atoms with van der Waals surface area (Å²) in [5, 5.41) is 3.98. The highest BCUT2D eigenvalue weighted by Crippen LogP contribution is 2.37. The quantitative estimate of drug-likeness (QED) is 0.813. The monoisotopic (exact) mass is 384 g/mol. The van der Waals surface area contributed by atoms with Crippen LogP contribution in [0.4, 0.5) is 13.2 Å². The highest BCUT2D eigenvalue weighted by molar-refractivity contribution is 5.84. The Bertz CT molecular complexity index is 839. The van der Waals surface area contributed by atoms with Crippen molar-refractivity contribution in [2.75, 3.05) is 13.1 Å². The van der Waals surface area contributed by atoms with E-state index in [1.165, 1.54) is 18.7 Å². The van der Waals surface area contributed by atoms with Crippen LogP contribution in [0, 0.1) is 6.92 Å². The molecule has 0 bridgehead atoms. The summed E-state index contributed by atoms with van der Waals surface area (Å²) < 4.78 is 47.4. The molecule has 1 amide bonds. The van der Waals surface area contributed by atoms with Gasteiger partial charge in [0.1, 0.15) is 0 Å². The molecule has 0 aliphatic carbocycles. The first-order valence-corrected chi connectivity index (χ1v) is 9.05. The number of amides is 1. The lowest BCUT2D eigenvalue weighted by Crippen LogP contribution is -2.41. The number of aromatic nitrogens is 3. The maximum absolute atomic E-state index is 13.5. The Morgan fingerprint density at radius 1 is 1.22 bits per heavy atom. The number of carbonyl (C=O) groups excluding carboxylic acids is 1. The van der Waals surface area contributed by atoms with Gasteiger partial charge in [0.2, 0.25) is 5.88 Å². The van der Waals surface area contributed by atoms with Crippen LogP contribution < -0.4 is 4.74 Å². The number of pyridine rings is 1. The Labute approximate surface area is 155 Å². The molecule has 0 radical (unpaired) electrons. The number of nitrogens with zero attached hydrogens (tertiary/aromatic N) is 4. The second-order valence-electron chi connectivity index (χ2n) is 6.91. The number of alkyl halides is 3. The van der Waals surface area contributed by atoms with E-state index in [9.17, 15) is 18.0 Å². The molecule has 6 nitrogen and oxygen atoms in total. The first kappa shape index (κ1) is 19.4. The van der Waals surface area contributed by atoms with Gasteiger partial charge in [-0.15, -0.1) is 0 Å². The molecule has 0 saturated carbocycles. The third-order valence-electron chi connectivity index (χ3n) is 4.81. The fourth-order valence-corrected chi connectivity index (χ4v) is 3.49. The predicted molar refractivity (Wildman–Crippen MR) is 93.4 cm³/mol. The highest BCUT2D eigenvalue weighted by Gasteiger charge is 2.36. The van der Waals surface area contributed by atoms with Crippen molar-refractivity contribution in [3.8, 4) is 5.88 Å². The van der Waals surface area contributed by atoms with Crippen molar-refractivity contribution >= 4 is 16.9 Å². The number of carbonyl (C=O) groups is 1. The van der Waals surface area contributed by atoms with Gasteiger partial charge in [-0.2, -0.15) is 23.3 Å². The molecule has 0 aromatic carbocycles. The molecule has 9 heteroatoms. The minimum absolute atomic E-state index is 0.0520. The summed E-state index contributed by atoms with van der Waals surface area (Å²) in [6, 6.07) is 0.850. The van der Waals surface area contributed by atoms with Crippen LogP contribution in [0.25, 0.3) is 11.0 Å². The number of halogens is 3. The Hall–Kier alpha value is -2.32. The number of hydrogen-bond acceptors (Lipinski definition) is 4. The zero-order valence-corrected chi connectivity index (χ0v) is 15.6. The molecule has 1 aliphatic heterocycles. The Kier molecular flexibility index (Phi) is 5.30. The van der Waals surface area contributed by atoms with Crippen LogP contribution in [0.3, 0.4) is 0 Å². The van der Waals surface area contributed by atoms with E-state index in [1.807, 2.05) is 0 Å². The molecule has 1 atom stereocenters. The molecule has 0 N–H and O–H groups in total. The van der Waals surface area contributed by atoms with Crippen molar-refractivity contribution in [2.24, 2.45) is 7.05 Å². The zero-order chi connectivity index (χ0) is 19.8. The van der Waals surface area contributed by atoms with E-state index in [0.717, 1.165) is 31.7 Å². The lowest BCUT2D eigenvalue weighted by atomic mass is 10.1. The van der Waals surface area contributed by atoms with Gasteiger partial charge in [0.15, 0.2) is 11.8 Å². The van der Waals surface area contributed by atoms with E-state index in [-0.39, 0.29) is 28.5 Å². The number of rotatable bonds is 3. The maximum Gasteiger partial charge on any atom is 0.417 e. The normalized spacial score (nSPS) is 17.0. The van der Waals surface area contributed by atoms with Crippen molar-refractivity contribution in [1.29, 1.82) is 0 Å². The first-order chi connectivity index (χ1) is 12.7. The minimum atomic E-state index is -4.58. The van der Waals surface area contributed by atoms with Gasteiger partial charge < -0.3 is 9.64 Å². The number of likely N-dealkylation sites (tertiary alicyclic amines) is 1. The van der Waals surface area contributed by atoms with Crippen LogP contribution in [-0.2, 0) is 18.0 Å². The summed E-state index contributed by atoms with van der Waals surface area (Å²) in [6.07, 6.45) is -1.49. The summed E-state index contributed by atoms with van der Waals surface area (Å²) in [5.74, 6) is -0.456. The topological polar surface area (TPSA) is 60.2 Å². The molecular formula is C18H23F3N4O2. The molecule has 2 aromatic heterocycles. The number of fused-ring (bicyclic) bond motifs is 1. The zero-order valence-electron chi connectivity index (χ0n) is 15.6. The Morgan fingerprint density at radius 3 is 2.44 bits per heavy atom. The molecule has 27 heavy (non-hydrogen) atoms. The first-order valence-electron chi connectivity index (χ1n) is 9.05. The average Bonchev–Trinajstić information content (AvgIpc) is 2.80. The molecule has 1 aliphatic rings. The van der Waals surface area contributed by atoms with E-state index >= 15 is 0 Å². The van der Waals surface area contributed by atoms with Crippen LogP contribution in [0.15, 0.2) is 6.07 Å². The fourth-order valence-electron chi connectivity index (χ4n) is 3.49. The van der Waals surface area contributed by atoms with Gasteiger partial charge >= 0.3 is 6.18 Å². The van der Waals surface area contributed by atoms with Crippen molar-refractivity contribution in [3.05, 3.63) is 17.3 Å². The lowest BCUT2D eigenvalue weighted by Gasteiger charge is -2.24. The smallest absolute Gasteiger partial charge is 0.417 e. The van der Waals surface area contributed by atoms with Crippen LogP contribution in [-0.4, -0.2) is 44.8 Å². The Balaban J connectivity index is 1.90. The second kappa shape index (κ2) is 7.36. The molecule has 1 saturated heterocycles. The number of hydrogen-bond donors (Lipinski definition) is 0. The third kappa shape index (κ3) is 4.01. The van der Waals surface area contributed by atoms with Crippen molar-refractivity contribution in [2.45, 2.75) is 51.8 Å². The lowest BCUT2D eigenvalue weighted by molar-refractivity contribution is -0.138.